The zero-order chi connectivity index (χ0) is 18.8. The molecule has 1 fully saturated rings. The maximum absolute atomic E-state index is 13.0. The quantitative estimate of drug-likeness (QED) is 0.676. The van der Waals surface area contributed by atoms with Crippen LogP contribution in [0.4, 0.5) is 4.39 Å². The zero-order valence-electron chi connectivity index (χ0n) is 15.0. The maximum Gasteiger partial charge on any atom is 0.253 e. The fourth-order valence-electron chi connectivity index (χ4n) is 3.35. The van der Waals surface area contributed by atoms with Crippen LogP contribution in [-0.4, -0.2) is 34.0 Å². The van der Waals surface area contributed by atoms with Gasteiger partial charge in [0.1, 0.15) is 5.82 Å². The van der Waals surface area contributed by atoms with Gasteiger partial charge in [-0.1, -0.05) is 5.16 Å². The molecule has 3 heterocycles. The Bertz CT molecular complexity index is 927. The average Bonchev–Trinajstić information content (AvgIpc) is 3.31. The second kappa shape index (κ2) is 7.60. The second-order valence-electron chi connectivity index (χ2n) is 6.81. The van der Waals surface area contributed by atoms with Crippen LogP contribution in [0.2, 0.25) is 0 Å². The topological polar surface area (TPSA) is 59.2 Å². The third kappa shape index (κ3) is 4.08. The van der Waals surface area contributed by atoms with Crippen LogP contribution < -0.4 is 0 Å². The normalized spacial score (nSPS) is 15.3. The number of aryl methyl sites for hydroxylation is 1. The molecule has 1 saturated heterocycles. The Balaban J connectivity index is 1.35. The van der Waals surface area contributed by atoms with Gasteiger partial charge in [0, 0.05) is 40.7 Å². The van der Waals surface area contributed by atoms with E-state index >= 15 is 0 Å². The first-order valence-electron chi connectivity index (χ1n) is 9.01. The molecule has 7 heteroatoms. The molecule has 0 radical (unpaired) electrons. The lowest BCUT2D eigenvalue weighted by molar-refractivity contribution is 0.0704. The highest BCUT2D eigenvalue weighted by atomic mass is 32.1. The molecule has 4 rings (SSSR count). The van der Waals surface area contributed by atoms with Crippen LogP contribution in [0.3, 0.4) is 0 Å². The SMILES string of the molecule is Cc1ccc(Cc2noc(C3CCN(C(=O)c4ccc(F)cc4)CC3)n2)s1. The van der Waals surface area contributed by atoms with Crippen molar-refractivity contribution in [3.05, 3.63) is 69.2 Å². The van der Waals surface area contributed by atoms with E-state index in [-0.39, 0.29) is 17.6 Å². The number of aromatic nitrogens is 2. The summed E-state index contributed by atoms with van der Waals surface area (Å²) in [4.78, 5) is 21.4. The first-order valence-corrected chi connectivity index (χ1v) is 9.83. The smallest absolute Gasteiger partial charge is 0.253 e. The van der Waals surface area contributed by atoms with Gasteiger partial charge in [-0.2, -0.15) is 4.98 Å². The molecular weight excluding hydrogens is 365 g/mol. The summed E-state index contributed by atoms with van der Waals surface area (Å²) >= 11 is 1.74. The fourth-order valence-corrected chi connectivity index (χ4v) is 4.23. The molecule has 1 aliphatic rings. The Morgan fingerprint density at radius 2 is 1.96 bits per heavy atom. The fraction of sp³-hybridized carbons (Fsp3) is 0.350. The predicted octanol–water partition coefficient (Wildman–Crippen LogP) is 4.19. The van der Waals surface area contributed by atoms with Gasteiger partial charge in [-0.05, 0) is 56.2 Å². The van der Waals surface area contributed by atoms with Crippen molar-refractivity contribution >= 4 is 17.2 Å². The van der Waals surface area contributed by atoms with Crippen LogP contribution in [0.15, 0.2) is 40.9 Å². The molecule has 0 saturated carbocycles. The summed E-state index contributed by atoms with van der Waals surface area (Å²) in [6, 6.07) is 9.87. The lowest BCUT2D eigenvalue weighted by Crippen LogP contribution is -2.38. The number of piperidine rings is 1. The number of likely N-dealkylation sites (tertiary alicyclic amines) is 1. The van der Waals surface area contributed by atoms with Crippen LogP contribution in [0.25, 0.3) is 0 Å². The minimum atomic E-state index is -0.338. The van der Waals surface area contributed by atoms with E-state index in [0.29, 0.717) is 36.8 Å². The van der Waals surface area contributed by atoms with E-state index in [1.165, 1.54) is 34.0 Å². The highest BCUT2D eigenvalue weighted by Gasteiger charge is 2.28. The Labute approximate surface area is 160 Å². The summed E-state index contributed by atoms with van der Waals surface area (Å²) in [5.74, 6) is 1.14. The molecule has 2 aromatic heterocycles. The number of rotatable bonds is 4. The van der Waals surface area contributed by atoms with Gasteiger partial charge in [0.15, 0.2) is 5.82 Å². The van der Waals surface area contributed by atoms with Gasteiger partial charge in [0.2, 0.25) is 5.89 Å². The third-order valence-electron chi connectivity index (χ3n) is 4.83. The largest absolute Gasteiger partial charge is 0.339 e. The molecule has 0 bridgehead atoms. The first-order chi connectivity index (χ1) is 13.1. The molecule has 140 valence electrons. The number of thiophene rings is 1. The van der Waals surface area contributed by atoms with Crippen molar-refractivity contribution in [2.75, 3.05) is 13.1 Å². The van der Waals surface area contributed by atoms with E-state index in [0.717, 1.165) is 12.8 Å². The van der Waals surface area contributed by atoms with Crippen LogP contribution in [0.1, 0.15) is 50.6 Å². The van der Waals surface area contributed by atoms with Gasteiger partial charge < -0.3 is 9.42 Å². The summed E-state index contributed by atoms with van der Waals surface area (Å²) in [6.07, 6.45) is 2.25. The molecule has 0 N–H and O–H groups in total. The molecule has 0 spiro atoms. The number of amides is 1. The molecule has 5 nitrogen and oxygen atoms in total. The Morgan fingerprint density at radius 3 is 2.63 bits per heavy atom. The van der Waals surface area contributed by atoms with E-state index in [1.807, 2.05) is 0 Å². The third-order valence-corrected chi connectivity index (χ3v) is 5.84. The molecule has 1 aliphatic heterocycles. The van der Waals surface area contributed by atoms with Crippen molar-refractivity contribution in [1.29, 1.82) is 0 Å². The molecule has 0 atom stereocenters. The Hall–Kier alpha value is -2.54. The van der Waals surface area contributed by atoms with E-state index in [4.69, 9.17) is 4.52 Å². The first kappa shape index (κ1) is 17.9. The van der Waals surface area contributed by atoms with Crippen LogP contribution >= 0.6 is 11.3 Å². The summed E-state index contributed by atoms with van der Waals surface area (Å²) in [6.45, 7) is 3.34. The molecular formula is C20H20FN3O2S. The summed E-state index contributed by atoms with van der Waals surface area (Å²) in [5.41, 5.74) is 0.515. The van der Waals surface area contributed by atoms with Gasteiger partial charge in [-0.25, -0.2) is 4.39 Å². The van der Waals surface area contributed by atoms with E-state index < -0.39 is 0 Å². The highest BCUT2D eigenvalue weighted by molar-refractivity contribution is 7.11. The number of nitrogens with zero attached hydrogens (tertiary/aromatic N) is 3. The lowest BCUT2D eigenvalue weighted by Gasteiger charge is -2.30. The van der Waals surface area contributed by atoms with E-state index in [2.05, 4.69) is 29.2 Å². The number of carbonyl (C=O) groups excluding carboxylic acids is 1. The molecule has 3 aromatic rings. The molecule has 1 aromatic carbocycles. The Kier molecular flexibility index (Phi) is 5.03. The average molecular weight is 385 g/mol. The summed E-state index contributed by atoms with van der Waals surface area (Å²) in [7, 11) is 0. The van der Waals surface area contributed by atoms with Gasteiger partial charge in [0.25, 0.3) is 5.91 Å². The monoisotopic (exact) mass is 385 g/mol. The van der Waals surface area contributed by atoms with Crippen molar-refractivity contribution in [2.24, 2.45) is 0 Å². The van der Waals surface area contributed by atoms with Crippen molar-refractivity contribution in [1.82, 2.24) is 15.0 Å². The minimum absolute atomic E-state index is 0.0623. The van der Waals surface area contributed by atoms with Gasteiger partial charge in [-0.3, -0.25) is 4.79 Å². The van der Waals surface area contributed by atoms with Crippen molar-refractivity contribution < 1.29 is 13.7 Å². The van der Waals surface area contributed by atoms with Crippen molar-refractivity contribution in [3.63, 3.8) is 0 Å². The van der Waals surface area contributed by atoms with Crippen molar-refractivity contribution in [2.45, 2.75) is 32.1 Å². The number of hydrogen-bond acceptors (Lipinski definition) is 5. The number of halogens is 1. The van der Waals surface area contributed by atoms with Gasteiger partial charge in [-0.15, -0.1) is 11.3 Å². The van der Waals surface area contributed by atoms with Gasteiger partial charge >= 0.3 is 0 Å². The zero-order valence-corrected chi connectivity index (χ0v) is 15.8. The molecule has 0 unspecified atom stereocenters. The maximum atomic E-state index is 13.0. The molecule has 1 amide bonds. The summed E-state index contributed by atoms with van der Waals surface area (Å²) < 4.78 is 18.5. The van der Waals surface area contributed by atoms with E-state index in [9.17, 15) is 9.18 Å². The summed E-state index contributed by atoms with van der Waals surface area (Å²) in [5, 5.41) is 4.11. The highest BCUT2D eigenvalue weighted by Crippen LogP contribution is 2.28. The predicted molar refractivity (Wildman–Crippen MR) is 100 cm³/mol. The van der Waals surface area contributed by atoms with Gasteiger partial charge in [0.05, 0.1) is 0 Å². The lowest BCUT2D eigenvalue weighted by atomic mass is 9.96. The molecule has 0 aliphatic carbocycles. The number of hydrogen-bond donors (Lipinski definition) is 0. The van der Waals surface area contributed by atoms with Crippen LogP contribution in [-0.2, 0) is 6.42 Å². The van der Waals surface area contributed by atoms with Crippen molar-refractivity contribution in [3.8, 4) is 0 Å². The number of carbonyl (C=O) groups is 1. The van der Waals surface area contributed by atoms with Crippen LogP contribution in [0, 0.1) is 12.7 Å². The van der Waals surface area contributed by atoms with Crippen LogP contribution in [0.5, 0.6) is 0 Å². The second-order valence-corrected chi connectivity index (χ2v) is 8.18. The standard InChI is InChI=1S/C20H20FN3O2S/c1-13-2-7-17(27-13)12-18-22-19(26-23-18)14-8-10-24(11-9-14)20(25)15-3-5-16(21)6-4-15/h2-7,14H,8-12H2,1H3. The van der Waals surface area contributed by atoms with E-state index in [1.54, 1.807) is 16.2 Å². The Morgan fingerprint density at radius 1 is 1.22 bits per heavy atom. The molecule has 27 heavy (non-hydrogen) atoms. The number of benzene rings is 1. The minimum Gasteiger partial charge on any atom is -0.339 e.